The molecule has 1 heterocycles. The molecule has 1 aromatic heterocycles. The van der Waals surface area contributed by atoms with Crippen LogP contribution in [0.15, 0.2) is 34.2 Å². The molecule has 0 aliphatic carbocycles. The minimum atomic E-state index is -0.525. The van der Waals surface area contributed by atoms with Crippen LogP contribution in [0, 0.1) is 0 Å². The summed E-state index contributed by atoms with van der Waals surface area (Å²) in [5.74, 6) is -0.777. The largest absolute Gasteiger partial charge is 0.465 e. The SMILES string of the molecule is CCCn1c(SCC(=O)Nc2ccccc2C(=O)OC)n[nH]c1=O. The number of aromatic nitrogens is 3. The highest BCUT2D eigenvalue weighted by Crippen LogP contribution is 2.18. The predicted octanol–water partition coefficient (Wildman–Crippen LogP) is 1.50. The summed E-state index contributed by atoms with van der Waals surface area (Å²) in [6.45, 7) is 2.48. The van der Waals surface area contributed by atoms with Gasteiger partial charge in [-0.05, 0) is 18.6 Å². The average molecular weight is 350 g/mol. The van der Waals surface area contributed by atoms with Gasteiger partial charge in [0.25, 0.3) is 0 Å². The van der Waals surface area contributed by atoms with E-state index in [-0.39, 0.29) is 22.9 Å². The van der Waals surface area contributed by atoms with E-state index in [1.165, 1.54) is 11.7 Å². The molecule has 1 amide bonds. The van der Waals surface area contributed by atoms with Gasteiger partial charge < -0.3 is 10.1 Å². The van der Waals surface area contributed by atoms with Crippen LogP contribution >= 0.6 is 11.8 Å². The van der Waals surface area contributed by atoms with E-state index in [9.17, 15) is 14.4 Å². The molecule has 2 aromatic rings. The maximum atomic E-state index is 12.1. The highest BCUT2D eigenvalue weighted by atomic mass is 32.2. The third kappa shape index (κ3) is 4.25. The molecule has 2 rings (SSSR count). The number of carbonyl (C=O) groups excluding carboxylic acids is 2. The number of hydrogen-bond donors (Lipinski definition) is 2. The van der Waals surface area contributed by atoms with Gasteiger partial charge in [0.15, 0.2) is 5.16 Å². The maximum absolute atomic E-state index is 12.1. The Labute approximate surface area is 142 Å². The Balaban J connectivity index is 2.02. The first-order chi connectivity index (χ1) is 11.6. The summed E-state index contributed by atoms with van der Waals surface area (Å²) in [4.78, 5) is 35.4. The van der Waals surface area contributed by atoms with E-state index in [1.807, 2.05) is 6.92 Å². The fourth-order valence-corrected chi connectivity index (χ4v) is 2.80. The number of anilines is 1. The maximum Gasteiger partial charge on any atom is 0.343 e. The normalized spacial score (nSPS) is 10.4. The van der Waals surface area contributed by atoms with Crippen LogP contribution in [0.4, 0.5) is 5.69 Å². The fraction of sp³-hybridized carbons (Fsp3) is 0.333. The van der Waals surface area contributed by atoms with E-state index in [1.54, 1.807) is 24.3 Å². The van der Waals surface area contributed by atoms with Gasteiger partial charge in [0.2, 0.25) is 5.91 Å². The molecular weight excluding hydrogens is 332 g/mol. The summed E-state index contributed by atoms with van der Waals surface area (Å²) in [5.41, 5.74) is 0.361. The van der Waals surface area contributed by atoms with Crippen LogP contribution in [-0.2, 0) is 16.1 Å². The van der Waals surface area contributed by atoms with Crippen molar-refractivity contribution in [3.8, 4) is 0 Å². The molecule has 0 bridgehead atoms. The van der Waals surface area contributed by atoms with E-state index < -0.39 is 5.97 Å². The van der Waals surface area contributed by atoms with Gasteiger partial charge in [0.05, 0.1) is 24.1 Å². The van der Waals surface area contributed by atoms with Crippen LogP contribution in [0.2, 0.25) is 0 Å². The second kappa shape index (κ2) is 8.34. The molecule has 0 atom stereocenters. The van der Waals surface area contributed by atoms with Crippen molar-refractivity contribution in [1.29, 1.82) is 0 Å². The van der Waals surface area contributed by atoms with Gasteiger partial charge in [0, 0.05) is 6.54 Å². The van der Waals surface area contributed by atoms with Crippen molar-refractivity contribution in [2.24, 2.45) is 0 Å². The van der Waals surface area contributed by atoms with Crippen LogP contribution in [0.25, 0.3) is 0 Å². The molecule has 128 valence electrons. The summed E-state index contributed by atoms with van der Waals surface area (Å²) in [6.07, 6.45) is 0.783. The molecule has 0 unspecified atom stereocenters. The lowest BCUT2D eigenvalue weighted by atomic mass is 10.2. The van der Waals surface area contributed by atoms with E-state index >= 15 is 0 Å². The minimum absolute atomic E-state index is 0.0590. The topological polar surface area (TPSA) is 106 Å². The minimum Gasteiger partial charge on any atom is -0.465 e. The van der Waals surface area contributed by atoms with Crippen molar-refractivity contribution >= 4 is 29.3 Å². The van der Waals surface area contributed by atoms with Crippen LogP contribution in [0.1, 0.15) is 23.7 Å². The van der Waals surface area contributed by atoms with Crippen molar-refractivity contribution in [2.75, 3.05) is 18.2 Å². The van der Waals surface area contributed by atoms with Gasteiger partial charge in [-0.3, -0.25) is 9.36 Å². The van der Waals surface area contributed by atoms with Crippen LogP contribution < -0.4 is 11.0 Å². The first kappa shape index (κ1) is 17.8. The number of nitrogens with zero attached hydrogens (tertiary/aromatic N) is 2. The molecule has 9 heteroatoms. The number of benzene rings is 1. The Hall–Kier alpha value is -2.55. The van der Waals surface area contributed by atoms with Crippen molar-refractivity contribution in [3.63, 3.8) is 0 Å². The quantitative estimate of drug-likeness (QED) is 0.579. The average Bonchev–Trinajstić information content (AvgIpc) is 2.93. The first-order valence-electron chi connectivity index (χ1n) is 7.32. The van der Waals surface area contributed by atoms with Gasteiger partial charge >= 0.3 is 11.7 Å². The van der Waals surface area contributed by atoms with Crippen molar-refractivity contribution in [3.05, 3.63) is 40.3 Å². The number of aromatic amines is 1. The summed E-state index contributed by atoms with van der Waals surface area (Å²) < 4.78 is 6.17. The van der Waals surface area contributed by atoms with E-state index in [2.05, 4.69) is 20.3 Å². The molecule has 0 aliphatic rings. The summed E-state index contributed by atoms with van der Waals surface area (Å²) in [7, 11) is 1.28. The second-order valence-electron chi connectivity index (χ2n) is 4.84. The number of ether oxygens (including phenoxy) is 1. The zero-order valence-electron chi connectivity index (χ0n) is 13.4. The fourth-order valence-electron chi connectivity index (χ4n) is 2.03. The van der Waals surface area contributed by atoms with Crippen LogP contribution in [0.3, 0.4) is 0 Å². The summed E-state index contributed by atoms with van der Waals surface area (Å²) in [6, 6.07) is 6.59. The lowest BCUT2D eigenvalue weighted by Gasteiger charge is -2.09. The smallest absolute Gasteiger partial charge is 0.343 e. The Morgan fingerprint density at radius 3 is 2.83 bits per heavy atom. The number of esters is 1. The number of amides is 1. The molecule has 0 radical (unpaired) electrons. The number of thioether (sulfide) groups is 1. The van der Waals surface area contributed by atoms with Crippen LogP contribution in [-0.4, -0.2) is 39.5 Å². The number of carbonyl (C=O) groups is 2. The lowest BCUT2D eigenvalue weighted by molar-refractivity contribution is -0.113. The molecule has 24 heavy (non-hydrogen) atoms. The van der Waals surface area contributed by atoms with E-state index in [4.69, 9.17) is 0 Å². The zero-order chi connectivity index (χ0) is 17.5. The Morgan fingerprint density at radius 2 is 2.12 bits per heavy atom. The molecule has 2 N–H and O–H groups in total. The van der Waals surface area contributed by atoms with Gasteiger partial charge in [0.1, 0.15) is 0 Å². The van der Waals surface area contributed by atoms with Crippen LogP contribution in [0.5, 0.6) is 0 Å². The molecule has 0 aliphatic heterocycles. The van der Waals surface area contributed by atoms with Gasteiger partial charge in [-0.15, -0.1) is 5.10 Å². The molecule has 0 saturated carbocycles. The Kier molecular flexibility index (Phi) is 6.19. The number of para-hydroxylation sites is 1. The standard InChI is InChI=1S/C15H18N4O4S/c1-3-8-19-14(22)17-18-15(19)24-9-12(20)16-11-7-5-4-6-10(11)13(21)23-2/h4-7H,3,8-9H2,1-2H3,(H,16,20)(H,17,22). The van der Waals surface area contributed by atoms with E-state index in [0.717, 1.165) is 18.2 Å². The third-order valence-electron chi connectivity index (χ3n) is 3.11. The van der Waals surface area contributed by atoms with Gasteiger partial charge in [-0.1, -0.05) is 30.8 Å². The predicted molar refractivity (Wildman–Crippen MR) is 90.3 cm³/mol. The Morgan fingerprint density at radius 1 is 1.38 bits per heavy atom. The lowest BCUT2D eigenvalue weighted by Crippen LogP contribution is -2.19. The zero-order valence-corrected chi connectivity index (χ0v) is 14.2. The number of nitrogens with one attached hydrogen (secondary N) is 2. The summed E-state index contributed by atoms with van der Waals surface area (Å²) in [5, 5.41) is 9.40. The van der Waals surface area contributed by atoms with Gasteiger partial charge in [-0.2, -0.15) is 0 Å². The third-order valence-corrected chi connectivity index (χ3v) is 4.09. The molecule has 1 aromatic carbocycles. The molecule has 0 fully saturated rings. The monoisotopic (exact) mass is 350 g/mol. The summed E-state index contributed by atoms with van der Waals surface area (Å²) >= 11 is 1.15. The second-order valence-corrected chi connectivity index (χ2v) is 5.78. The molecule has 0 saturated heterocycles. The molecule has 8 nitrogen and oxygen atoms in total. The number of H-pyrrole nitrogens is 1. The highest BCUT2D eigenvalue weighted by molar-refractivity contribution is 7.99. The first-order valence-corrected chi connectivity index (χ1v) is 8.30. The molecular formula is C15H18N4O4S. The van der Waals surface area contributed by atoms with E-state index in [0.29, 0.717) is 17.4 Å². The molecule has 0 spiro atoms. The number of rotatable bonds is 7. The van der Waals surface area contributed by atoms with Crippen molar-refractivity contribution < 1.29 is 14.3 Å². The Bertz CT molecular complexity index is 784. The van der Waals surface area contributed by atoms with Crippen molar-refractivity contribution in [2.45, 2.75) is 25.0 Å². The number of methoxy groups -OCH3 is 1. The number of hydrogen-bond acceptors (Lipinski definition) is 6. The van der Waals surface area contributed by atoms with Gasteiger partial charge in [-0.25, -0.2) is 14.7 Å². The van der Waals surface area contributed by atoms with Crippen molar-refractivity contribution in [1.82, 2.24) is 14.8 Å². The highest BCUT2D eigenvalue weighted by Gasteiger charge is 2.15.